The number of Topliss-reactive ketones (excluding diaryl/α,β-unsaturated/α-hetero) is 1. The highest BCUT2D eigenvalue weighted by atomic mass is 28.4. The molecule has 0 saturated heterocycles. The molecule has 1 saturated carbocycles. The van der Waals surface area contributed by atoms with Crippen molar-refractivity contribution in [3.05, 3.63) is 0 Å². The molecule has 20 heavy (non-hydrogen) atoms. The SMILES string of the molecule is C#CC1(O[Si](C)(C)C)CCCCCCCCCCC1=O. The van der Waals surface area contributed by atoms with Crippen molar-refractivity contribution in [1.82, 2.24) is 0 Å². The number of hydrogen-bond acceptors (Lipinski definition) is 2. The van der Waals surface area contributed by atoms with Crippen LogP contribution in [0.25, 0.3) is 0 Å². The lowest BCUT2D eigenvalue weighted by Gasteiger charge is -2.34. The number of terminal acetylenes is 1. The minimum absolute atomic E-state index is 0.142. The summed E-state index contributed by atoms with van der Waals surface area (Å²) >= 11 is 0. The maximum atomic E-state index is 12.6. The van der Waals surface area contributed by atoms with E-state index in [0.717, 1.165) is 25.7 Å². The van der Waals surface area contributed by atoms with Gasteiger partial charge in [-0.1, -0.05) is 44.4 Å². The van der Waals surface area contributed by atoms with Gasteiger partial charge in [0.25, 0.3) is 0 Å². The zero-order chi connectivity index (χ0) is 15.1. The average Bonchev–Trinajstić information content (AvgIpc) is 2.36. The van der Waals surface area contributed by atoms with Gasteiger partial charge < -0.3 is 4.43 Å². The summed E-state index contributed by atoms with van der Waals surface area (Å²) in [5, 5.41) is 0. The molecule has 114 valence electrons. The first-order valence-corrected chi connectivity index (χ1v) is 11.5. The molecule has 1 aliphatic rings. The summed E-state index contributed by atoms with van der Waals surface area (Å²) in [7, 11) is -1.83. The van der Waals surface area contributed by atoms with E-state index in [0.29, 0.717) is 12.8 Å². The minimum atomic E-state index is -1.83. The van der Waals surface area contributed by atoms with Gasteiger partial charge in [0, 0.05) is 6.42 Å². The summed E-state index contributed by atoms with van der Waals surface area (Å²) in [4.78, 5) is 12.6. The number of rotatable bonds is 2. The second kappa shape index (κ2) is 8.00. The summed E-state index contributed by atoms with van der Waals surface area (Å²) in [6, 6.07) is 0. The van der Waals surface area contributed by atoms with E-state index < -0.39 is 13.9 Å². The smallest absolute Gasteiger partial charge is 0.186 e. The molecule has 1 atom stereocenters. The van der Waals surface area contributed by atoms with Crippen molar-refractivity contribution in [1.29, 1.82) is 0 Å². The molecule has 0 aromatic heterocycles. The van der Waals surface area contributed by atoms with Crippen LogP contribution in [0.3, 0.4) is 0 Å². The Labute approximate surface area is 125 Å². The fourth-order valence-corrected chi connectivity index (χ4v) is 4.19. The Morgan fingerprint density at radius 3 is 2.00 bits per heavy atom. The molecule has 1 unspecified atom stereocenters. The van der Waals surface area contributed by atoms with Crippen LogP contribution in [0.1, 0.15) is 64.2 Å². The Bertz CT molecular complexity index is 351. The Morgan fingerprint density at radius 2 is 1.50 bits per heavy atom. The normalized spacial score (nSPS) is 27.2. The number of carbonyl (C=O) groups is 1. The maximum absolute atomic E-state index is 12.6. The zero-order valence-corrected chi connectivity index (χ0v) is 14.5. The largest absolute Gasteiger partial charge is 0.396 e. The van der Waals surface area contributed by atoms with Crippen LogP contribution < -0.4 is 0 Å². The Hall–Kier alpha value is -0.593. The van der Waals surface area contributed by atoms with Crippen molar-refractivity contribution in [2.45, 2.75) is 89.5 Å². The molecule has 0 heterocycles. The van der Waals surface area contributed by atoms with Gasteiger partial charge in [-0.05, 0) is 38.9 Å². The fourth-order valence-electron chi connectivity index (χ4n) is 2.87. The lowest BCUT2D eigenvalue weighted by Crippen LogP contribution is -2.47. The Kier molecular flexibility index (Phi) is 6.98. The van der Waals surface area contributed by atoms with E-state index in [1.165, 1.54) is 25.7 Å². The van der Waals surface area contributed by atoms with E-state index in [-0.39, 0.29) is 5.78 Å². The molecule has 2 nitrogen and oxygen atoms in total. The first kappa shape index (κ1) is 17.5. The second-order valence-corrected chi connectivity index (χ2v) is 11.4. The highest BCUT2D eigenvalue weighted by Gasteiger charge is 2.40. The maximum Gasteiger partial charge on any atom is 0.186 e. The van der Waals surface area contributed by atoms with Gasteiger partial charge >= 0.3 is 0 Å². The molecule has 0 N–H and O–H groups in total. The molecular formula is C17H30O2Si. The van der Waals surface area contributed by atoms with Crippen molar-refractivity contribution in [3.8, 4) is 12.3 Å². The molecule has 0 aromatic rings. The van der Waals surface area contributed by atoms with Crippen LogP contribution in [0.15, 0.2) is 0 Å². The van der Waals surface area contributed by atoms with E-state index in [2.05, 4.69) is 25.6 Å². The topological polar surface area (TPSA) is 26.3 Å². The predicted octanol–water partition coefficient (Wildman–Crippen LogP) is 4.69. The van der Waals surface area contributed by atoms with Gasteiger partial charge in [-0.3, -0.25) is 4.79 Å². The van der Waals surface area contributed by atoms with Gasteiger partial charge in [-0.25, -0.2) is 0 Å². The zero-order valence-electron chi connectivity index (χ0n) is 13.5. The Morgan fingerprint density at radius 1 is 1.00 bits per heavy atom. The highest BCUT2D eigenvalue weighted by Crippen LogP contribution is 2.28. The van der Waals surface area contributed by atoms with Crippen LogP contribution in [0, 0.1) is 12.3 Å². The van der Waals surface area contributed by atoms with Crippen LogP contribution in [-0.2, 0) is 9.22 Å². The first-order chi connectivity index (χ1) is 9.40. The Balaban J connectivity index is 2.82. The molecule has 0 radical (unpaired) electrons. The standard InChI is InChI=1S/C17H30O2Si/c1-5-17(19-20(2,3)4)15-13-11-9-7-6-8-10-12-14-16(17)18/h1H,6-15H2,2-4H3. The molecule has 0 aromatic carbocycles. The second-order valence-electron chi connectivity index (χ2n) is 6.94. The minimum Gasteiger partial charge on any atom is -0.396 e. The van der Waals surface area contributed by atoms with Crippen molar-refractivity contribution in [2.24, 2.45) is 0 Å². The van der Waals surface area contributed by atoms with Gasteiger partial charge in [-0.15, -0.1) is 6.42 Å². The monoisotopic (exact) mass is 294 g/mol. The molecule has 0 aliphatic heterocycles. The van der Waals surface area contributed by atoms with E-state index >= 15 is 0 Å². The van der Waals surface area contributed by atoms with Gasteiger partial charge in [0.1, 0.15) is 0 Å². The van der Waals surface area contributed by atoms with Crippen LogP contribution in [0.2, 0.25) is 19.6 Å². The number of carbonyl (C=O) groups excluding carboxylic acids is 1. The summed E-state index contributed by atoms with van der Waals surface area (Å²) in [5.41, 5.74) is -0.941. The average molecular weight is 295 g/mol. The third-order valence-corrected chi connectivity index (χ3v) is 4.81. The lowest BCUT2D eigenvalue weighted by molar-refractivity contribution is -0.131. The fraction of sp³-hybridized carbons (Fsp3) is 0.824. The first-order valence-electron chi connectivity index (χ1n) is 8.11. The van der Waals surface area contributed by atoms with E-state index in [4.69, 9.17) is 10.8 Å². The summed E-state index contributed by atoms with van der Waals surface area (Å²) < 4.78 is 6.18. The van der Waals surface area contributed by atoms with Crippen LogP contribution in [-0.4, -0.2) is 19.7 Å². The predicted molar refractivity (Wildman–Crippen MR) is 87.2 cm³/mol. The van der Waals surface area contributed by atoms with Crippen molar-refractivity contribution in [2.75, 3.05) is 0 Å². The van der Waals surface area contributed by atoms with Gasteiger partial charge in [0.15, 0.2) is 19.7 Å². The number of ketones is 1. The summed E-state index contributed by atoms with van der Waals surface area (Å²) in [5.74, 6) is 2.88. The third-order valence-electron chi connectivity index (χ3n) is 3.85. The van der Waals surface area contributed by atoms with Gasteiger partial charge in [-0.2, -0.15) is 0 Å². The van der Waals surface area contributed by atoms with Crippen molar-refractivity contribution >= 4 is 14.1 Å². The highest BCUT2D eigenvalue weighted by molar-refractivity contribution is 6.70. The van der Waals surface area contributed by atoms with Crippen LogP contribution in [0.5, 0.6) is 0 Å². The van der Waals surface area contributed by atoms with Crippen molar-refractivity contribution < 1.29 is 9.22 Å². The molecule has 0 spiro atoms. The molecular weight excluding hydrogens is 264 g/mol. The van der Waals surface area contributed by atoms with E-state index in [9.17, 15) is 4.79 Å². The molecule has 1 fully saturated rings. The summed E-state index contributed by atoms with van der Waals surface area (Å²) in [6.07, 6.45) is 16.4. The molecule has 3 heteroatoms. The lowest BCUT2D eigenvalue weighted by atomic mass is 9.88. The van der Waals surface area contributed by atoms with E-state index in [1.807, 2.05) is 0 Å². The third kappa shape index (κ3) is 5.81. The van der Waals surface area contributed by atoms with Gasteiger partial charge in [0.05, 0.1) is 0 Å². The quantitative estimate of drug-likeness (QED) is 0.545. The number of hydrogen-bond donors (Lipinski definition) is 0. The van der Waals surface area contributed by atoms with Crippen molar-refractivity contribution in [3.63, 3.8) is 0 Å². The molecule has 1 aliphatic carbocycles. The van der Waals surface area contributed by atoms with Crippen LogP contribution in [0.4, 0.5) is 0 Å². The molecule has 0 amide bonds. The van der Waals surface area contributed by atoms with E-state index in [1.54, 1.807) is 0 Å². The summed E-state index contributed by atoms with van der Waals surface area (Å²) in [6.45, 7) is 6.32. The molecule has 1 rings (SSSR count). The molecule has 0 bridgehead atoms. The van der Waals surface area contributed by atoms with Crippen LogP contribution >= 0.6 is 0 Å². The van der Waals surface area contributed by atoms with Gasteiger partial charge in [0.2, 0.25) is 0 Å².